The average Bonchev–Trinajstić information content (AvgIpc) is 3.46. The van der Waals surface area contributed by atoms with Crippen LogP contribution in [-0.2, 0) is 20.9 Å². The van der Waals surface area contributed by atoms with E-state index in [-0.39, 0.29) is 25.7 Å². The summed E-state index contributed by atoms with van der Waals surface area (Å²) in [5.74, 6) is -0.299. The third kappa shape index (κ3) is 4.75. The summed E-state index contributed by atoms with van der Waals surface area (Å²) in [6.07, 6.45) is -0.160. The Hall–Kier alpha value is -4.66. The maximum atomic E-state index is 13.8. The van der Waals surface area contributed by atoms with Crippen molar-refractivity contribution in [2.75, 3.05) is 11.7 Å². The monoisotopic (exact) mass is 500 g/mol. The molecule has 0 bridgehead atoms. The van der Waals surface area contributed by atoms with Crippen LogP contribution in [0, 0.1) is 6.92 Å². The van der Waals surface area contributed by atoms with Crippen molar-refractivity contribution in [1.29, 1.82) is 0 Å². The van der Waals surface area contributed by atoms with Crippen molar-refractivity contribution in [2.45, 2.75) is 32.9 Å². The van der Waals surface area contributed by atoms with E-state index in [2.05, 4.69) is 0 Å². The molecule has 1 unspecified atom stereocenters. The van der Waals surface area contributed by atoms with Crippen LogP contribution < -0.4 is 19.1 Å². The number of carbonyl (C=O) groups excluding carboxylic acids is 4. The van der Waals surface area contributed by atoms with Crippen LogP contribution in [0.3, 0.4) is 0 Å². The molecule has 3 aromatic rings. The molecule has 0 aromatic heterocycles. The summed E-state index contributed by atoms with van der Waals surface area (Å²) in [4.78, 5) is 54.1. The maximum Gasteiger partial charge on any atom is 0.308 e. The number of esters is 1. The molecule has 5 rings (SSSR count). The number of imide groups is 1. The molecular weight excluding hydrogens is 476 g/mol. The lowest BCUT2D eigenvalue weighted by Crippen LogP contribution is -2.45. The molecule has 3 aromatic carbocycles. The van der Waals surface area contributed by atoms with Gasteiger partial charge in [-0.1, -0.05) is 24.3 Å². The molecule has 9 heteroatoms. The van der Waals surface area contributed by atoms with E-state index in [0.29, 0.717) is 28.5 Å². The normalized spacial score (nSPS) is 16.2. The summed E-state index contributed by atoms with van der Waals surface area (Å²) in [6, 6.07) is 17.5. The summed E-state index contributed by atoms with van der Waals surface area (Å²) >= 11 is 0. The Morgan fingerprint density at radius 3 is 2.46 bits per heavy atom. The number of anilines is 1. The lowest BCUT2D eigenvalue weighted by molar-refractivity contribution is -0.132. The number of hydrogen-bond donors (Lipinski definition) is 0. The van der Waals surface area contributed by atoms with Gasteiger partial charge >= 0.3 is 5.97 Å². The van der Waals surface area contributed by atoms with Crippen molar-refractivity contribution in [2.24, 2.45) is 0 Å². The highest BCUT2D eigenvalue weighted by molar-refractivity contribution is 6.23. The Morgan fingerprint density at radius 2 is 1.73 bits per heavy atom. The lowest BCUT2D eigenvalue weighted by Gasteiger charge is -2.28. The summed E-state index contributed by atoms with van der Waals surface area (Å²) in [7, 11) is 0. The number of benzene rings is 3. The van der Waals surface area contributed by atoms with Gasteiger partial charge in [-0.05, 0) is 60.5 Å². The number of ether oxygens (including phenoxy) is 3. The number of amides is 3. The minimum atomic E-state index is -1.00. The molecule has 1 saturated heterocycles. The van der Waals surface area contributed by atoms with Gasteiger partial charge in [0.2, 0.25) is 12.7 Å². The van der Waals surface area contributed by atoms with Gasteiger partial charge in [-0.25, -0.2) is 4.90 Å². The molecule has 9 nitrogen and oxygen atoms in total. The van der Waals surface area contributed by atoms with Crippen molar-refractivity contribution < 1.29 is 33.4 Å². The van der Waals surface area contributed by atoms with E-state index >= 15 is 0 Å². The van der Waals surface area contributed by atoms with Crippen LogP contribution in [0.25, 0.3) is 0 Å². The quantitative estimate of drug-likeness (QED) is 0.289. The van der Waals surface area contributed by atoms with Gasteiger partial charge in [-0.15, -0.1) is 0 Å². The first-order valence-corrected chi connectivity index (χ1v) is 11.7. The van der Waals surface area contributed by atoms with Crippen molar-refractivity contribution in [3.05, 3.63) is 83.4 Å². The zero-order valence-corrected chi connectivity index (χ0v) is 20.3. The Bertz CT molecular complexity index is 1400. The van der Waals surface area contributed by atoms with Crippen molar-refractivity contribution in [3.8, 4) is 17.2 Å². The van der Waals surface area contributed by atoms with Gasteiger partial charge in [0.15, 0.2) is 11.5 Å². The number of aryl methyl sites for hydroxylation is 1. The van der Waals surface area contributed by atoms with Crippen LogP contribution in [0.15, 0.2) is 66.7 Å². The van der Waals surface area contributed by atoms with Crippen LogP contribution in [0.5, 0.6) is 17.2 Å². The van der Waals surface area contributed by atoms with Crippen molar-refractivity contribution in [1.82, 2.24) is 4.90 Å². The molecule has 2 aliphatic heterocycles. The van der Waals surface area contributed by atoms with E-state index in [1.54, 1.807) is 30.3 Å². The maximum absolute atomic E-state index is 13.8. The van der Waals surface area contributed by atoms with Gasteiger partial charge in [0.05, 0.1) is 12.1 Å². The first-order valence-electron chi connectivity index (χ1n) is 11.7. The molecule has 0 saturated carbocycles. The zero-order chi connectivity index (χ0) is 26.1. The molecule has 2 heterocycles. The number of carbonyl (C=O) groups is 4. The Morgan fingerprint density at radius 1 is 1.00 bits per heavy atom. The predicted octanol–water partition coefficient (Wildman–Crippen LogP) is 3.62. The minimum Gasteiger partial charge on any atom is -0.454 e. The average molecular weight is 501 g/mol. The molecular formula is C28H24N2O7. The highest BCUT2D eigenvalue weighted by Crippen LogP contribution is 2.34. The fourth-order valence-electron chi connectivity index (χ4n) is 4.49. The third-order valence-electron chi connectivity index (χ3n) is 6.28. The standard InChI is InChI=1S/C28H24N2O7/c1-17-5-3-4-6-22(17)27(33)29(15-19-7-12-24-25(13-19)36-16-35-24)23-14-26(32)30(28(23)34)20-8-10-21(11-9-20)37-18(2)31/h3-13,23H,14-16H2,1-2H3. The molecule has 3 amide bonds. The Labute approximate surface area is 213 Å². The van der Waals surface area contributed by atoms with Gasteiger partial charge < -0.3 is 19.1 Å². The molecule has 0 aliphatic carbocycles. The highest BCUT2D eigenvalue weighted by atomic mass is 16.7. The highest BCUT2D eigenvalue weighted by Gasteiger charge is 2.44. The molecule has 0 N–H and O–H groups in total. The number of rotatable bonds is 6. The molecule has 0 radical (unpaired) electrons. The Kier molecular flexibility index (Phi) is 6.35. The van der Waals surface area contributed by atoms with Gasteiger partial charge in [0.1, 0.15) is 11.8 Å². The molecule has 0 spiro atoms. The first kappa shape index (κ1) is 24.1. The largest absolute Gasteiger partial charge is 0.454 e. The molecule has 2 aliphatic rings. The van der Waals surface area contributed by atoms with E-state index in [0.717, 1.165) is 16.0 Å². The van der Waals surface area contributed by atoms with E-state index < -0.39 is 23.8 Å². The van der Waals surface area contributed by atoms with E-state index in [1.165, 1.54) is 36.1 Å². The first-order chi connectivity index (χ1) is 17.8. The summed E-state index contributed by atoms with van der Waals surface area (Å²) < 4.78 is 15.9. The minimum absolute atomic E-state index is 0.0900. The summed E-state index contributed by atoms with van der Waals surface area (Å²) in [5.41, 5.74) is 2.28. The van der Waals surface area contributed by atoms with Gasteiger partial charge in [0.25, 0.3) is 11.8 Å². The topological polar surface area (TPSA) is 102 Å². The van der Waals surface area contributed by atoms with Crippen LogP contribution in [0.1, 0.15) is 34.8 Å². The fraction of sp³-hybridized carbons (Fsp3) is 0.214. The van der Waals surface area contributed by atoms with E-state index in [1.807, 2.05) is 19.1 Å². The van der Waals surface area contributed by atoms with E-state index in [4.69, 9.17) is 14.2 Å². The Balaban J connectivity index is 1.46. The van der Waals surface area contributed by atoms with Crippen molar-refractivity contribution >= 4 is 29.4 Å². The van der Waals surface area contributed by atoms with Crippen LogP contribution >= 0.6 is 0 Å². The number of nitrogens with zero attached hydrogens (tertiary/aromatic N) is 2. The second-order valence-electron chi connectivity index (χ2n) is 8.81. The molecule has 188 valence electrons. The van der Waals surface area contributed by atoms with E-state index in [9.17, 15) is 19.2 Å². The molecule has 37 heavy (non-hydrogen) atoms. The lowest BCUT2D eigenvalue weighted by atomic mass is 10.0. The van der Waals surface area contributed by atoms with Gasteiger partial charge in [0, 0.05) is 19.0 Å². The number of fused-ring (bicyclic) bond motifs is 1. The fourth-order valence-corrected chi connectivity index (χ4v) is 4.49. The predicted molar refractivity (Wildman–Crippen MR) is 132 cm³/mol. The summed E-state index contributed by atoms with van der Waals surface area (Å²) in [5, 5.41) is 0. The molecule has 1 fully saturated rings. The zero-order valence-electron chi connectivity index (χ0n) is 20.3. The van der Waals surface area contributed by atoms with Crippen LogP contribution in [-0.4, -0.2) is 41.4 Å². The number of hydrogen-bond acceptors (Lipinski definition) is 7. The SMILES string of the molecule is CC(=O)Oc1ccc(N2C(=O)CC(N(Cc3ccc4c(c3)OCO4)C(=O)c3ccccc3C)C2=O)cc1. The molecule has 1 atom stereocenters. The van der Waals surface area contributed by atoms with Gasteiger partial charge in [-0.3, -0.25) is 19.2 Å². The second kappa shape index (κ2) is 9.77. The summed E-state index contributed by atoms with van der Waals surface area (Å²) in [6.45, 7) is 3.31. The van der Waals surface area contributed by atoms with Crippen LogP contribution in [0.4, 0.5) is 5.69 Å². The third-order valence-corrected chi connectivity index (χ3v) is 6.28. The second-order valence-corrected chi connectivity index (χ2v) is 8.81. The van der Waals surface area contributed by atoms with Crippen molar-refractivity contribution in [3.63, 3.8) is 0 Å². The van der Waals surface area contributed by atoms with Crippen LogP contribution in [0.2, 0.25) is 0 Å². The van der Waals surface area contributed by atoms with Gasteiger partial charge in [-0.2, -0.15) is 0 Å². The smallest absolute Gasteiger partial charge is 0.308 e.